The molecule has 0 aliphatic carbocycles. The largest absolute Gasteiger partial charge is 0.322 e. The molecule has 1 heterocycles. The van der Waals surface area contributed by atoms with Crippen LogP contribution in [0.15, 0.2) is 47.4 Å². The number of nitrogens with zero attached hydrogens (tertiary/aromatic N) is 1. The van der Waals surface area contributed by atoms with Gasteiger partial charge in [0.1, 0.15) is 0 Å². The molecule has 2 N–H and O–H groups in total. The number of anilines is 1. The molecule has 1 amide bonds. The summed E-state index contributed by atoms with van der Waals surface area (Å²) in [6, 6.07) is 11.4. The van der Waals surface area contributed by atoms with Crippen molar-refractivity contribution in [3.05, 3.63) is 53.0 Å². The number of nitrogens with one attached hydrogen (secondary N) is 2. The zero-order valence-electron chi connectivity index (χ0n) is 13.0. The molecule has 0 atom stereocenters. The Labute approximate surface area is 143 Å². The number of thiazole rings is 1. The normalized spacial score (nSPS) is 11.6. The highest BCUT2D eigenvalue weighted by molar-refractivity contribution is 7.89. The minimum absolute atomic E-state index is 0.0474. The van der Waals surface area contributed by atoms with Crippen LogP contribution in [0.5, 0.6) is 0 Å². The Morgan fingerprint density at radius 3 is 2.71 bits per heavy atom. The van der Waals surface area contributed by atoms with Crippen LogP contribution < -0.4 is 10.0 Å². The maximum atomic E-state index is 12.4. The van der Waals surface area contributed by atoms with Crippen LogP contribution >= 0.6 is 11.3 Å². The summed E-state index contributed by atoms with van der Waals surface area (Å²) in [4.78, 5) is 16.8. The molecule has 0 unspecified atom stereocenters. The molecule has 0 bridgehead atoms. The summed E-state index contributed by atoms with van der Waals surface area (Å²) >= 11 is 1.55. The van der Waals surface area contributed by atoms with E-state index < -0.39 is 10.0 Å². The van der Waals surface area contributed by atoms with E-state index in [0.717, 1.165) is 15.2 Å². The lowest BCUT2D eigenvalue weighted by Crippen LogP contribution is -2.19. The third-order valence-electron chi connectivity index (χ3n) is 3.43. The molecule has 3 rings (SSSR count). The van der Waals surface area contributed by atoms with Crippen molar-refractivity contribution in [2.24, 2.45) is 0 Å². The number of amides is 1. The van der Waals surface area contributed by atoms with E-state index in [1.54, 1.807) is 23.5 Å². The average Bonchev–Trinajstić information content (AvgIpc) is 2.94. The first-order valence-electron chi connectivity index (χ1n) is 7.11. The van der Waals surface area contributed by atoms with Gasteiger partial charge in [-0.05, 0) is 50.4 Å². The molecule has 24 heavy (non-hydrogen) atoms. The standard InChI is InChI=1S/C16H15N3O3S2/c1-10-18-14-7-6-12(9-15(14)23-10)19-16(20)11-4-3-5-13(8-11)24(21,22)17-2/h3-9,17H,1-2H3,(H,19,20). The number of hydrogen-bond acceptors (Lipinski definition) is 5. The minimum atomic E-state index is -3.59. The van der Waals surface area contributed by atoms with Crippen molar-refractivity contribution in [3.63, 3.8) is 0 Å². The molecule has 0 fully saturated rings. The summed E-state index contributed by atoms with van der Waals surface area (Å²) in [5.41, 5.74) is 1.79. The molecule has 0 saturated heterocycles. The maximum Gasteiger partial charge on any atom is 0.255 e. The van der Waals surface area contributed by atoms with Crippen LogP contribution in [0.25, 0.3) is 10.2 Å². The van der Waals surface area contributed by atoms with E-state index >= 15 is 0 Å². The predicted molar refractivity (Wildman–Crippen MR) is 95.0 cm³/mol. The number of benzene rings is 2. The maximum absolute atomic E-state index is 12.4. The number of aromatic nitrogens is 1. The second-order valence-electron chi connectivity index (χ2n) is 5.10. The summed E-state index contributed by atoms with van der Waals surface area (Å²) < 4.78 is 26.9. The van der Waals surface area contributed by atoms with Gasteiger partial charge < -0.3 is 5.32 Å². The van der Waals surface area contributed by atoms with Gasteiger partial charge >= 0.3 is 0 Å². The number of carbonyl (C=O) groups excluding carboxylic acids is 1. The van der Waals surface area contributed by atoms with E-state index in [1.165, 1.54) is 25.2 Å². The van der Waals surface area contributed by atoms with Gasteiger partial charge in [-0.3, -0.25) is 4.79 Å². The van der Waals surface area contributed by atoms with Crippen molar-refractivity contribution in [3.8, 4) is 0 Å². The van der Waals surface area contributed by atoms with Gasteiger partial charge in [-0.2, -0.15) is 0 Å². The summed E-state index contributed by atoms with van der Waals surface area (Å²) in [5, 5.41) is 3.74. The first-order chi connectivity index (χ1) is 11.4. The van der Waals surface area contributed by atoms with Crippen LogP contribution in [0.1, 0.15) is 15.4 Å². The van der Waals surface area contributed by atoms with Crippen molar-refractivity contribution in [1.29, 1.82) is 0 Å². The number of hydrogen-bond donors (Lipinski definition) is 2. The molecular formula is C16H15N3O3S2. The molecule has 0 aliphatic rings. The van der Waals surface area contributed by atoms with E-state index in [1.807, 2.05) is 19.1 Å². The van der Waals surface area contributed by atoms with E-state index in [0.29, 0.717) is 5.69 Å². The number of rotatable bonds is 4. The van der Waals surface area contributed by atoms with Crippen molar-refractivity contribution < 1.29 is 13.2 Å². The second-order valence-corrected chi connectivity index (χ2v) is 8.23. The third kappa shape index (κ3) is 3.30. The van der Waals surface area contributed by atoms with Gasteiger partial charge in [-0.1, -0.05) is 6.07 Å². The Kier molecular flexibility index (Phi) is 4.35. The Morgan fingerprint density at radius 1 is 1.17 bits per heavy atom. The first-order valence-corrected chi connectivity index (χ1v) is 9.41. The molecule has 6 nitrogen and oxygen atoms in total. The molecular weight excluding hydrogens is 346 g/mol. The van der Waals surface area contributed by atoms with Crippen LogP contribution in [0, 0.1) is 6.92 Å². The van der Waals surface area contributed by atoms with Gasteiger partial charge in [-0.25, -0.2) is 18.1 Å². The lowest BCUT2D eigenvalue weighted by atomic mass is 10.2. The van der Waals surface area contributed by atoms with E-state index in [2.05, 4.69) is 15.0 Å². The SMILES string of the molecule is CNS(=O)(=O)c1cccc(C(=O)Nc2ccc3nc(C)sc3c2)c1. The highest BCUT2D eigenvalue weighted by atomic mass is 32.2. The van der Waals surface area contributed by atoms with E-state index in [-0.39, 0.29) is 16.4 Å². The van der Waals surface area contributed by atoms with Crippen LogP contribution in [-0.4, -0.2) is 26.4 Å². The van der Waals surface area contributed by atoms with Gasteiger partial charge in [0.25, 0.3) is 5.91 Å². The van der Waals surface area contributed by atoms with Gasteiger partial charge in [-0.15, -0.1) is 11.3 Å². The summed E-state index contributed by atoms with van der Waals surface area (Å²) in [6.07, 6.45) is 0. The fourth-order valence-corrected chi connectivity index (χ4v) is 3.89. The fourth-order valence-electron chi connectivity index (χ4n) is 2.24. The molecule has 124 valence electrons. The van der Waals surface area contributed by atoms with Crippen LogP contribution in [0.4, 0.5) is 5.69 Å². The minimum Gasteiger partial charge on any atom is -0.322 e. The van der Waals surface area contributed by atoms with E-state index in [9.17, 15) is 13.2 Å². The van der Waals surface area contributed by atoms with Crippen LogP contribution in [-0.2, 0) is 10.0 Å². The molecule has 3 aromatic rings. The Balaban J connectivity index is 1.87. The molecule has 0 saturated carbocycles. The summed E-state index contributed by atoms with van der Waals surface area (Å²) in [5.74, 6) is -0.372. The fraction of sp³-hybridized carbons (Fsp3) is 0.125. The molecule has 8 heteroatoms. The molecule has 0 spiro atoms. The smallest absolute Gasteiger partial charge is 0.255 e. The lowest BCUT2D eigenvalue weighted by molar-refractivity contribution is 0.102. The van der Waals surface area contributed by atoms with Crippen molar-refractivity contribution >= 4 is 43.2 Å². The Morgan fingerprint density at radius 2 is 1.96 bits per heavy atom. The molecule has 2 aromatic carbocycles. The van der Waals surface area contributed by atoms with Crippen LogP contribution in [0.3, 0.4) is 0 Å². The van der Waals surface area contributed by atoms with Crippen LogP contribution in [0.2, 0.25) is 0 Å². The van der Waals surface area contributed by atoms with Gasteiger partial charge in [0.15, 0.2) is 0 Å². The zero-order chi connectivity index (χ0) is 17.3. The topological polar surface area (TPSA) is 88.2 Å². The molecule has 0 radical (unpaired) electrons. The lowest BCUT2D eigenvalue weighted by Gasteiger charge is -2.07. The summed E-state index contributed by atoms with van der Waals surface area (Å²) in [6.45, 7) is 1.93. The Bertz CT molecular complexity index is 1030. The number of fused-ring (bicyclic) bond motifs is 1. The quantitative estimate of drug-likeness (QED) is 0.748. The van der Waals surface area contributed by atoms with Gasteiger partial charge in [0.05, 0.1) is 20.1 Å². The van der Waals surface area contributed by atoms with Crippen molar-refractivity contribution in [2.45, 2.75) is 11.8 Å². The Hall–Kier alpha value is -2.29. The molecule has 1 aromatic heterocycles. The highest BCUT2D eigenvalue weighted by Gasteiger charge is 2.14. The van der Waals surface area contributed by atoms with E-state index in [4.69, 9.17) is 0 Å². The van der Waals surface area contributed by atoms with Gasteiger partial charge in [0, 0.05) is 11.3 Å². The highest BCUT2D eigenvalue weighted by Crippen LogP contribution is 2.25. The second kappa shape index (κ2) is 6.31. The third-order valence-corrected chi connectivity index (χ3v) is 5.77. The van der Waals surface area contributed by atoms with Crippen molar-refractivity contribution in [2.75, 3.05) is 12.4 Å². The average molecular weight is 361 g/mol. The van der Waals surface area contributed by atoms with Gasteiger partial charge in [0.2, 0.25) is 10.0 Å². The number of aryl methyl sites for hydroxylation is 1. The summed E-state index contributed by atoms with van der Waals surface area (Å²) in [7, 11) is -2.26. The van der Waals surface area contributed by atoms with Crippen molar-refractivity contribution in [1.82, 2.24) is 9.71 Å². The number of sulfonamides is 1. The monoisotopic (exact) mass is 361 g/mol. The predicted octanol–water partition coefficient (Wildman–Crippen LogP) is 2.77. The zero-order valence-corrected chi connectivity index (χ0v) is 14.7. The molecule has 0 aliphatic heterocycles. The number of carbonyl (C=O) groups is 1. The first kappa shape index (κ1) is 16.6.